The van der Waals surface area contributed by atoms with Crippen molar-refractivity contribution < 1.29 is 14.7 Å². The molecule has 5 atom stereocenters. The molecule has 4 heteroatoms. The highest BCUT2D eigenvalue weighted by atomic mass is 16.4. The molecule has 4 nitrogen and oxygen atoms in total. The summed E-state index contributed by atoms with van der Waals surface area (Å²) in [5, 5.41) is 11.5. The fourth-order valence-corrected chi connectivity index (χ4v) is 4.61. The van der Waals surface area contributed by atoms with Crippen LogP contribution < -0.4 is 5.32 Å². The molecule has 0 aromatic heterocycles. The van der Waals surface area contributed by atoms with Gasteiger partial charge in [0.25, 0.3) is 0 Å². The van der Waals surface area contributed by atoms with E-state index in [2.05, 4.69) is 5.32 Å². The lowest BCUT2D eigenvalue weighted by molar-refractivity contribution is -0.131. The van der Waals surface area contributed by atoms with E-state index in [-0.39, 0.29) is 11.9 Å². The average Bonchev–Trinajstić information content (AvgIpc) is 2.97. The van der Waals surface area contributed by atoms with Crippen LogP contribution in [0.25, 0.3) is 0 Å². The van der Waals surface area contributed by atoms with Crippen molar-refractivity contribution in [2.75, 3.05) is 0 Å². The zero-order valence-corrected chi connectivity index (χ0v) is 10.3. The third kappa shape index (κ3) is 1.93. The average molecular weight is 249 g/mol. The number of carboxylic acid groups (broad SMARTS) is 1. The van der Waals surface area contributed by atoms with E-state index in [1.165, 1.54) is 25.7 Å². The first kappa shape index (κ1) is 11.8. The van der Waals surface area contributed by atoms with Gasteiger partial charge in [0.1, 0.15) is 0 Å². The number of fused-ring (bicyclic) bond motifs is 5. The molecule has 0 heterocycles. The maximum absolute atomic E-state index is 11.6. The molecule has 0 saturated heterocycles. The smallest absolute Gasteiger partial charge is 0.328 e. The first-order valence-corrected chi connectivity index (χ1v) is 6.86. The van der Waals surface area contributed by atoms with Crippen LogP contribution in [0.3, 0.4) is 0 Å². The zero-order chi connectivity index (χ0) is 12.7. The summed E-state index contributed by atoms with van der Waals surface area (Å²) in [7, 11) is 0. The Hall–Kier alpha value is -1.32. The molecule has 0 aromatic carbocycles. The molecule has 3 saturated carbocycles. The molecule has 5 unspecified atom stereocenters. The number of carboxylic acids is 1. The minimum Gasteiger partial charge on any atom is -0.478 e. The number of aliphatic carboxylic acids is 1. The van der Waals surface area contributed by atoms with E-state index in [1.54, 1.807) is 0 Å². The summed E-state index contributed by atoms with van der Waals surface area (Å²) in [6, 6.07) is 0.278. The Kier molecular flexibility index (Phi) is 2.88. The summed E-state index contributed by atoms with van der Waals surface area (Å²) < 4.78 is 0. The second kappa shape index (κ2) is 4.41. The number of hydrogen-bond acceptors (Lipinski definition) is 2. The number of amides is 1. The first-order chi connectivity index (χ1) is 8.65. The molecule has 2 bridgehead atoms. The molecule has 1 amide bonds. The monoisotopic (exact) mass is 249 g/mol. The number of carbonyl (C=O) groups excluding carboxylic acids is 1. The van der Waals surface area contributed by atoms with Crippen molar-refractivity contribution in [3.63, 3.8) is 0 Å². The second-order valence-corrected chi connectivity index (χ2v) is 5.94. The normalized spacial score (nSPS) is 41.2. The van der Waals surface area contributed by atoms with Crippen molar-refractivity contribution in [3.8, 4) is 0 Å². The van der Waals surface area contributed by atoms with E-state index < -0.39 is 5.97 Å². The lowest BCUT2D eigenvalue weighted by atomic mass is 9.79. The van der Waals surface area contributed by atoms with Crippen LogP contribution in [0.15, 0.2) is 12.2 Å². The van der Waals surface area contributed by atoms with Gasteiger partial charge in [-0.2, -0.15) is 0 Å². The number of hydrogen-bond donors (Lipinski definition) is 2. The minimum atomic E-state index is -1.08. The lowest BCUT2D eigenvalue weighted by Gasteiger charge is -2.31. The SMILES string of the molecule is O=C(O)/C=C/C(=O)NC1CC2CC1C1CCCC21. The Morgan fingerprint density at radius 1 is 1.06 bits per heavy atom. The third-order valence-electron chi connectivity index (χ3n) is 5.13. The molecule has 0 aromatic rings. The van der Waals surface area contributed by atoms with Crippen LogP contribution in [0.1, 0.15) is 32.1 Å². The van der Waals surface area contributed by atoms with Gasteiger partial charge in [0.15, 0.2) is 0 Å². The highest BCUT2D eigenvalue weighted by Gasteiger charge is 2.53. The Morgan fingerprint density at radius 2 is 1.83 bits per heavy atom. The third-order valence-corrected chi connectivity index (χ3v) is 5.13. The molecule has 3 aliphatic rings. The van der Waals surface area contributed by atoms with Crippen molar-refractivity contribution in [3.05, 3.63) is 12.2 Å². The molecule has 3 rings (SSSR count). The minimum absolute atomic E-state index is 0.260. The maximum atomic E-state index is 11.6. The van der Waals surface area contributed by atoms with Crippen LogP contribution in [-0.4, -0.2) is 23.0 Å². The van der Waals surface area contributed by atoms with E-state index in [4.69, 9.17) is 5.11 Å². The van der Waals surface area contributed by atoms with Crippen molar-refractivity contribution in [1.29, 1.82) is 0 Å². The highest BCUT2D eigenvalue weighted by Crippen LogP contribution is 2.58. The molecular weight excluding hydrogens is 230 g/mol. The van der Waals surface area contributed by atoms with Gasteiger partial charge in [0.05, 0.1) is 0 Å². The quantitative estimate of drug-likeness (QED) is 0.746. The van der Waals surface area contributed by atoms with Crippen LogP contribution in [0.4, 0.5) is 0 Å². The van der Waals surface area contributed by atoms with Crippen LogP contribution in [0.2, 0.25) is 0 Å². The summed E-state index contributed by atoms with van der Waals surface area (Å²) in [5.74, 6) is 1.84. The molecule has 0 radical (unpaired) electrons. The van der Waals surface area contributed by atoms with Gasteiger partial charge >= 0.3 is 5.97 Å². The van der Waals surface area contributed by atoms with E-state index in [9.17, 15) is 9.59 Å². The zero-order valence-electron chi connectivity index (χ0n) is 10.3. The Labute approximate surface area is 106 Å². The predicted octanol–water partition coefficient (Wildman–Crippen LogP) is 1.57. The van der Waals surface area contributed by atoms with Crippen molar-refractivity contribution in [1.82, 2.24) is 5.32 Å². The topological polar surface area (TPSA) is 66.4 Å². The maximum Gasteiger partial charge on any atom is 0.328 e. The van der Waals surface area contributed by atoms with E-state index in [1.807, 2.05) is 0 Å². The molecule has 0 aliphatic heterocycles. The van der Waals surface area contributed by atoms with Crippen LogP contribution in [-0.2, 0) is 9.59 Å². The van der Waals surface area contributed by atoms with Gasteiger partial charge in [-0.1, -0.05) is 6.42 Å². The highest BCUT2D eigenvalue weighted by molar-refractivity contribution is 5.94. The predicted molar refractivity (Wildman–Crippen MR) is 65.8 cm³/mol. The summed E-state index contributed by atoms with van der Waals surface area (Å²) in [4.78, 5) is 22.0. The van der Waals surface area contributed by atoms with Crippen molar-refractivity contribution >= 4 is 11.9 Å². The van der Waals surface area contributed by atoms with E-state index >= 15 is 0 Å². The molecule has 18 heavy (non-hydrogen) atoms. The Balaban J connectivity index is 1.59. The number of rotatable bonds is 3. The molecule has 2 N–H and O–H groups in total. The van der Waals surface area contributed by atoms with Gasteiger partial charge in [0, 0.05) is 18.2 Å². The fourth-order valence-electron chi connectivity index (χ4n) is 4.61. The standard InChI is InChI=1S/C14H19NO3/c16-13(4-5-14(17)18)15-12-7-8-6-11(12)10-3-1-2-9(8)10/h4-5,8-12H,1-3,6-7H2,(H,15,16)(H,17,18)/b5-4+. The van der Waals surface area contributed by atoms with Gasteiger partial charge < -0.3 is 10.4 Å². The van der Waals surface area contributed by atoms with Crippen LogP contribution >= 0.6 is 0 Å². The van der Waals surface area contributed by atoms with Crippen LogP contribution in [0, 0.1) is 23.7 Å². The van der Waals surface area contributed by atoms with Gasteiger partial charge in [-0.15, -0.1) is 0 Å². The fraction of sp³-hybridized carbons (Fsp3) is 0.714. The van der Waals surface area contributed by atoms with Gasteiger partial charge in [-0.05, 0) is 49.4 Å². The van der Waals surface area contributed by atoms with Crippen molar-refractivity contribution in [2.24, 2.45) is 23.7 Å². The lowest BCUT2D eigenvalue weighted by Crippen LogP contribution is -2.41. The van der Waals surface area contributed by atoms with E-state index in [0.29, 0.717) is 5.92 Å². The molecular formula is C14H19NO3. The van der Waals surface area contributed by atoms with Crippen molar-refractivity contribution in [2.45, 2.75) is 38.1 Å². The Morgan fingerprint density at radius 3 is 2.61 bits per heavy atom. The summed E-state index contributed by atoms with van der Waals surface area (Å²) in [6.07, 6.45) is 8.44. The van der Waals surface area contributed by atoms with Gasteiger partial charge in [-0.3, -0.25) is 4.79 Å². The van der Waals surface area contributed by atoms with Crippen LogP contribution in [0.5, 0.6) is 0 Å². The molecule has 0 spiro atoms. The summed E-state index contributed by atoms with van der Waals surface area (Å²) in [5.41, 5.74) is 0. The number of nitrogens with one attached hydrogen (secondary N) is 1. The molecule has 3 fully saturated rings. The summed E-state index contributed by atoms with van der Waals surface area (Å²) >= 11 is 0. The first-order valence-electron chi connectivity index (χ1n) is 6.86. The number of carbonyl (C=O) groups is 2. The second-order valence-electron chi connectivity index (χ2n) is 5.94. The molecule has 3 aliphatic carbocycles. The van der Waals surface area contributed by atoms with Gasteiger partial charge in [0.2, 0.25) is 5.91 Å². The Bertz CT molecular complexity index is 404. The van der Waals surface area contributed by atoms with E-state index in [0.717, 1.165) is 36.3 Å². The summed E-state index contributed by atoms with van der Waals surface area (Å²) in [6.45, 7) is 0. The largest absolute Gasteiger partial charge is 0.478 e. The molecule has 98 valence electrons. The van der Waals surface area contributed by atoms with Gasteiger partial charge in [-0.25, -0.2) is 4.79 Å².